The van der Waals surface area contributed by atoms with E-state index in [1.807, 2.05) is 34.1 Å². The molecule has 1 heterocycles. The van der Waals surface area contributed by atoms with Crippen molar-refractivity contribution in [2.45, 2.75) is 6.18 Å². The molecule has 0 spiro atoms. The van der Waals surface area contributed by atoms with Crippen molar-refractivity contribution < 1.29 is 13.2 Å². The van der Waals surface area contributed by atoms with Gasteiger partial charge in [-0.25, -0.2) is 6.57 Å². The van der Waals surface area contributed by atoms with Crippen LogP contribution in [0.5, 0.6) is 0 Å². The fourth-order valence-corrected chi connectivity index (χ4v) is 2.75. The Labute approximate surface area is 132 Å². The van der Waals surface area contributed by atoms with Crippen LogP contribution in [0, 0.1) is 6.57 Å². The zero-order valence-corrected chi connectivity index (χ0v) is 12.2. The van der Waals surface area contributed by atoms with Crippen LogP contribution in [0.3, 0.4) is 0 Å². The predicted molar refractivity (Wildman–Crippen MR) is 83.7 cm³/mol. The van der Waals surface area contributed by atoms with Gasteiger partial charge in [0.25, 0.3) is 6.67 Å². The van der Waals surface area contributed by atoms with Crippen LogP contribution >= 0.6 is 0 Å². The molecular weight excluding hydrogens is 303 g/mol. The Balaban J connectivity index is 1.95. The lowest BCUT2D eigenvalue weighted by molar-refractivity contribution is -0.137. The summed E-state index contributed by atoms with van der Waals surface area (Å²) in [5.41, 5.74) is 1.89. The van der Waals surface area contributed by atoms with Gasteiger partial charge in [0.2, 0.25) is 0 Å². The first-order chi connectivity index (χ1) is 11.0. The van der Waals surface area contributed by atoms with E-state index in [9.17, 15) is 13.2 Å². The van der Waals surface area contributed by atoms with Gasteiger partial charge >= 0.3 is 6.18 Å². The van der Waals surface area contributed by atoms with Gasteiger partial charge in [0.05, 0.1) is 16.9 Å². The summed E-state index contributed by atoms with van der Waals surface area (Å²) in [4.78, 5) is 7.38. The monoisotopic (exact) mass is 317 g/mol. The van der Waals surface area contributed by atoms with Gasteiger partial charge in [0, 0.05) is 18.8 Å². The largest absolute Gasteiger partial charge is 0.416 e. The molecule has 23 heavy (non-hydrogen) atoms. The van der Waals surface area contributed by atoms with Crippen molar-refractivity contribution in [3.63, 3.8) is 0 Å². The van der Waals surface area contributed by atoms with Gasteiger partial charge in [-0.15, -0.1) is 0 Å². The molecule has 1 aliphatic heterocycles. The van der Waals surface area contributed by atoms with Gasteiger partial charge in [-0.1, -0.05) is 12.1 Å². The summed E-state index contributed by atoms with van der Waals surface area (Å²) >= 11 is 0. The smallest absolute Gasteiger partial charge is 0.338 e. The van der Waals surface area contributed by atoms with E-state index in [1.54, 1.807) is 0 Å². The summed E-state index contributed by atoms with van der Waals surface area (Å²) in [5.74, 6) is 0. The normalized spacial score (nSPS) is 14.3. The van der Waals surface area contributed by atoms with Crippen LogP contribution in [0.1, 0.15) is 5.56 Å². The second-order valence-electron chi connectivity index (χ2n) is 5.25. The first kappa shape index (κ1) is 15.2. The minimum Gasteiger partial charge on any atom is -0.338 e. The lowest BCUT2D eigenvalue weighted by Crippen LogP contribution is -2.38. The third-order valence-electron chi connectivity index (χ3n) is 3.85. The second-order valence-corrected chi connectivity index (χ2v) is 5.25. The summed E-state index contributed by atoms with van der Waals surface area (Å²) < 4.78 is 38.1. The van der Waals surface area contributed by atoms with Crippen molar-refractivity contribution in [2.75, 3.05) is 29.6 Å². The van der Waals surface area contributed by atoms with E-state index in [4.69, 9.17) is 6.57 Å². The molecule has 0 saturated carbocycles. The highest BCUT2D eigenvalue weighted by atomic mass is 19.4. The molecule has 0 aliphatic carbocycles. The molecule has 3 nitrogen and oxygen atoms in total. The van der Waals surface area contributed by atoms with Crippen LogP contribution in [0.25, 0.3) is 4.85 Å². The molecule has 3 rings (SSSR count). The number of hydrogen-bond donors (Lipinski definition) is 0. The van der Waals surface area contributed by atoms with E-state index in [1.165, 1.54) is 12.1 Å². The molecule has 2 aromatic carbocycles. The number of hydrogen-bond acceptors (Lipinski definition) is 2. The van der Waals surface area contributed by atoms with E-state index in [2.05, 4.69) is 4.85 Å². The molecule has 0 atom stereocenters. The van der Waals surface area contributed by atoms with Crippen LogP contribution in [0.4, 0.5) is 30.2 Å². The summed E-state index contributed by atoms with van der Waals surface area (Å²) in [6.07, 6.45) is -4.33. The van der Waals surface area contributed by atoms with E-state index in [-0.39, 0.29) is 6.67 Å². The molecule has 1 aliphatic rings. The van der Waals surface area contributed by atoms with Gasteiger partial charge < -0.3 is 9.80 Å². The zero-order chi connectivity index (χ0) is 16.4. The van der Waals surface area contributed by atoms with Crippen LogP contribution < -0.4 is 9.80 Å². The maximum Gasteiger partial charge on any atom is 0.416 e. The fourth-order valence-electron chi connectivity index (χ4n) is 2.75. The Morgan fingerprint density at radius 1 is 0.957 bits per heavy atom. The molecule has 0 N–H and O–H groups in total. The maximum atomic E-state index is 12.7. The van der Waals surface area contributed by atoms with Crippen LogP contribution in [0.15, 0.2) is 48.5 Å². The van der Waals surface area contributed by atoms with Crippen molar-refractivity contribution in [3.05, 3.63) is 65.5 Å². The van der Waals surface area contributed by atoms with Gasteiger partial charge in [-0.2, -0.15) is 13.2 Å². The fraction of sp³-hybridized carbons (Fsp3) is 0.235. The Morgan fingerprint density at radius 2 is 1.61 bits per heavy atom. The van der Waals surface area contributed by atoms with Crippen molar-refractivity contribution in [1.29, 1.82) is 0 Å². The maximum absolute atomic E-state index is 12.7. The average Bonchev–Trinajstić information content (AvgIpc) is 2.55. The Hall–Kier alpha value is -2.68. The number of para-hydroxylation sites is 2. The summed E-state index contributed by atoms with van der Waals surface area (Å²) in [7, 11) is 0. The van der Waals surface area contributed by atoms with E-state index in [0.717, 1.165) is 23.5 Å². The van der Waals surface area contributed by atoms with Gasteiger partial charge in [-0.3, -0.25) is 4.85 Å². The molecule has 0 bridgehead atoms. The minimum absolute atomic E-state index is 0.276. The van der Waals surface area contributed by atoms with Crippen molar-refractivity contribution in [2.24, 2.45) is 0 Å². The molecule has 0 radical (unpaired) electrons. The second kappa shape index (κ2) is 5.84. The molecule has 118 valence electrons. The molecule has 0 fully saturated rings. The minimum atomic E-state index is -4.33. The number of anilines is 3. The number of nitrogens with zero attached hydrogens (tertiary/aromatic N) is 3. The quantitative estimate of drug-likeness (QED) is 0.753. The highest BCUT2D eigenvalue weighted by Gasteiger charge is 2.31. The van der Waals surface area contributed by atoms with Crippen LogP contribution in [0.2, 0.25) is 0 Å². The standard InChI is InChI=1S/C17H14F3N3/c1-21-12-22-10-11-23(16-5-3-2-4-15(16)22)14-8-6-13(7-9-14)17(18,19)20/h2-9H,10-12H2. The molecule has 0 aromatic heterocycles. The third kappa shape index (κ3) is 2.95. The van der Waals surface area contributed by atoms with Crippen LogP contribution in [-0.4, -0.2) is 19.8 Å². The molecular formula is C17H14F3N3. The number of fused-ring (bicyclic) bond motifs is 1. The first-order valence-electron chi connectivity index (χ1n) is 7.13. The highest BCUT2D eigenvalue weighted by Crippen LogP contribution is 2.38. The van der Waals surface area contributed by atoms with E-state index < -0.39 is 11.7 Å². The highest BCUT2D eigenvalue weighted by molar-refractivity contribution is 5.79. The van der Waals surface area contributed by atoms with Crippen molar-refractivity contribution in [3.8, 4) is 0 Å². The predicted octanol–water partition coefficient (Wildman–Crippen LogP) is 4.54. The van der Waals surface area contributed by atoms with E-state index in [0.29, 0.717) is 18.8 Å². The van der Waals surface area contributed by atoms with E-state index >= 15 is 0 Å². The Kier molecular flexibility index (Phi) is 3.87. The molecule has 0 saturated heterocycles. The Morgan fingerprint density at radius 3 is 2.22 bits per heavy atom. The topological polar surface area (TPSA) is 10.8 Å². The molecule has 2 aromatic rings. The SMILES string of the molecule is [C-]#[N+]CN1CCN(c2ccc(C(F)(F)F)cc2)c2ccccc21. The Bertz CT molecular complexity index is 732. The molecule has 0 amide bonds. The number of rotatable bonds is 2. The van der Waals surface area contributed by atoms with Gasteiger partial charge in [-0.05, 0) is 36.4 Å². The summed E-state index contributed by atoms with van der Waals surface area (Å²) in [6.45, 7) is 8.59. The molecule has 0 unspecified atom stereocenters. The van der Waals surface area contributed by atoms with Crippen LogP contribution in [-0.2, 0) is 6.18 Å². The summed E-state index contributed by atoms with van der Waals surface area (Å²) in [5, 5.41) is 0. The lowest BCUT2D eigenvalue weighted by atomic mass is 10.1. The third-order valence-corrected chi connectivity index (χ3v) is 3.85. The van der Waals surface area contributed by atoms with Gasteiger partial charge in [0.1, 0.15) is 0 Å². The number of alkyl halides is 3. The average molecular weight is 317 g/mol. The first-order valence-corrected chi connectivity index (χ1v) is 7.13. The van der Waals surface area contributed by atoms with Crippen molar-refractivity contribution >= 4 is 17.1 Å². The molecule has 6 heteroatoms. The summed E-state index contributed by atoms with van der Waals surface area (Å²) in [6, 6.07) is 12.8. The lowest BCUT2D eigenvalue weighted by Gasteiger charge is -2.36. The zero-order valence-electron chi connectivity index (χ0n) is 12.2. The van der Waals surface area contributed by atoms with Crippen molar-refractivity contribution in [1.82, 2.24) is 0 Å². The number of halogens is 3. The van der Waals surface area contributed by atoms with Gasteiger partial charge in [0.15, 0.2) is 0 Å². The number of benzene rings is 2.